The molecule has 0 bridgehead atoms. The summed E-state index contributed by atoms with van der Waals surface area (Å²) in [7, 11) is 0. The summed E-state index contributed by atoms with van der Waals surface area (Å²) >= 11 is 0. The van der Waals surface area contributed by atoms with E-state index in [0.717, 1.165) is 13.0 Å². The number of nitrogens with one attached hydrogen (secondary N) is 1. The van der Waals surface area contributed by atoms with Gasteiger partial charge in [0, 0.05) is 6.04 Å². The molecule has 4 heteroatoms. The number of hydrogen-bond acceptors (Lipinski definition) is 4. The van der Waals surface area contributed by atoms with Gasteiger partial charge in [-0.15, -0.1) is 0 Å². The van der Waals surface area contributed by atoms with Gasteiger partial charge in [0.15, 0.2) is 0 Å². The van der Waals surface area contributed by atoms with Crippen LogP contribution in [-0.2, 0) is 9.53 Å². The van der Waals surface area contributed by atoms with Gasteiger partial charge in [0.1, 0.15) is 11.6 Å². The van der Waals surface area contributed by atoms with E-state index in [0.29, 0.717) is 12.5 Å². The monoisotopic (exact) mass is 228 g/mol. The van der Waals surface area contributed by atoms with Crippen molar-refractivity contribution in [3.8, 4) is 0 Å². The van der Waals surface area contributed by atoms with Gasteiger partial charge in [0.25, 0.3) is 0 Å². The van der Waals surface area contributed by atoms with Crippen LogP contribution in [0.25, 0.3) is 0 Å². The largest absolute Gasteiger partial charge is 0.459 e. The van der Waals surface area contributed by atoms with Gasteiger partial charge in [0.05, 0.1) is 0 Å². The second-order valence-corrected chi connectivity index (χ2v) is 5.52. The molecule has 2 atom stereocenters. The molecule has 0 aromatic heterocycles. The van der Waals surface area contributed by atoms with Crippen LogP contribution in [0.2, 0.25) is 0 Å². The first kappa shape index (κ1) is 13.5. The Bertz CT molecular complexity index is 230. The van der Waals surface area contributed by atoms with E-state index in [9.17, 15) is 4.79 Å². The van der Waals surface area contributed by atoms with Gasteiger partial charge >= 0.3 is 5.97 Å². The third-order valence-corrected chi connectivity index (χ3v) is 2.66. The highest BCUT2D eigenvalue weighted by atomic mass is 16.6. The van der Waals surface area contributed by atoms with Crippen molar-refractivity contribution in [2.45, 2.75) is 64.1 Å². The fraction of sp³-hybridized carbons (Fsp3) is 0.917. The van der Waals surface area contributed by atoms with Crippen LogP contribution < -0.4 is 11.1 Å². The van der Waals surface area contributed by atoms with E-state index in [1.807, 2.05) is 20.8 Å². The number of hydrogen-bond donors (Lipinski definition) is 2. The highest BCUT2D eigenvalue weighted by Gasteiger charge is 2.25. The summed E-state index contributed by atoms with van der Waals surface area (Å²) in [5.74, 6) is -0.292. The molecule has 0 unspecified atom stereocenters. The molecule has 0 saturated carbocycles. The second kappa shape index (κ2) is 5.64. The molecule has 0 aliphatic carbocycles. The number of piperidine rings is 1. The predicted octanol–water partition coefficient (Wildman–Crippen LogP) is 1.19. The van der Waals surface area contributed by atoms with Crippen LogP contribution in [0, 0.1) is 0 Å². The molecule has 1 aliphatic heterocycles. The van der Waals surface area contributed by atoms with Crippen molar-refractivity contribution < 1.29 is 9.53 Å². The van der Waals surface area contributed by atoms with Crippen LogP contribution in [0.3, 0.4) is 0 Å². The highest BCUT2D eigenvalue weighted by Crippen LogP contribution is 2.14. The zero-order valence-corrected chi connectivity index (χ0v) is 10.6. The molecule has 16 heavy (non-hydrogen) atoms. The van der Waals surface area contributed by atoms with Crippen molar-refractivity contribution in [3.63, 3.8) is 0 Å². The van der Waals surface area contributed by atoms with Crippen LogP contribution >= 0.6 is 0 Å². The summed E-state index contributed by atoms with van der Waals surface area (Å²) in [4.78, 5) is 11.7. The van der Waals surface area contributed by atoms with E-state index in [2.05, 4.69) is 5.32 Å². The Balaban J connectivity index is 2.33. The van der Waals surface area contributed by atoms with Crippen molar-refractivity contribution in [3.05, 3.63) is 0 Å². The molecule has 1 heterocycles. The summed E-state index contributed by atoms with van der Waals surface area (Å²) < 4.78 is 5.25. The van der Waals surface area contributed by atoms with Gasteiger partial charge in [0.2, 0.25) is 0 Å². The SMILES string of the molecule is CC(C)(C)OC(=O)[C@@H](N)C[C@@H]1CCCCN1. The highest BCUT2D eigenvalue weighted by molar-refractivity contribution is 5.75. The molecule has 4 nitrogen and oxygen atoms in total. The molecule has 0 aromatic carbocycles. The third kappa shape index (κ3) is 4.94. The quantitative estimate of drug-likeness (QED) is 0.712. The number of rotatable bonds is 3. The fourth-order valence-electron chi connectivity index (χ4n) is 1.91. The maximum atomic E-state index is 11.7. The van der Waals surface area contributed by atoms with Crippen LogP contribution in [-0.4, -0.2) is 30.2 Å². The molecule has 0 radical (unpaired) electrons. The maximum Gasteiger partial charge on any atom is 0.323 e. The molecule has 3 N–H and O–H groups in total. The summed E-state index contributed by atoms with van der Waals surface area (Å²) in [6, 6.07) is -0.133. The van der Waals surface area contributed by atoms with Crippen molar-refractivity contribution in [2.75, 3.05) is 6.54 Å². The Morgan fingerprint density at radius 1 is 1.50 bits per heavy atom. The van der Waals surface area contributed by atoms with Crippen LogP contribution in [0.15, 0.2) is 0 Å². The van der Waals surface area contributed by atoms with Gasteiger partial charge in [-0.1, -0.05) is 6.42 Å². The standard InChI is InChI=1S/C12H24N2O2/c1-12(2,3)16-11(15)10(13)8-9-6-4-5-7-14-9/h9-10,14H,4-8,13H2,1-3H3/t9-,10-/m0/s1. The second-order valence-electron chi connectivity index (χ2n) is 5.52. The summed E-state index contributed by atoms with van der Waals surface area (Å²) in [5, 5.41) is 3.38. The van der Waals surface area contributed by atoms with Crippen molar-refractivity contribution in [1.29, 1.82) is 0 Å². The normalized spacial score (nSPS) is 23.9. The third-order valence-electron chi connectivity index (χ3n) is 2.66. The van der Waals surface area contributed by atoms with Gasteiger partial charge < -0.3 is 15.8 Å². The molecule has 1 saturated heterocycles. The average Bonchev–Trinajstić information content (AvgIpc) is 2.16. The minimum absolute atomic E-state index is 0.292. The molecule has 1 fully saturated rings. The molecule has 1 rings (SSSR count). The van der Waals surface area contributed by atoms with Gasteiger partial charge in [-0.25, -0.2) is 0 Å². The molecule has 0 amide bonds. The Morgan fingerprint density at radius 2 is 2.19 bits per heavy atom. The van der Waals surface area contributed by atoms with E-state index >= 15 is 0 Å². The van der Waals surface area contributed by atoms with Crippen molar-refractivity contribution in [1.82, 2.24) is 5.32 Å². The number of ether oxygens (including phenoxy) is 1. The van der Waals surface area contributed by atoms with E-state index < -0.39 is 11.6 Å². The van der Waals surface area contributed by atoms with Gasteiger partial charge in [-0.05, 0) is 46.6 Å². The lowest BCUT2D eigenvalue weighted by Crippen LogP contribution is -2.44. The minimum Gasteiger partial charge on any atom is -0.459 e. The van der Waals surface area contributed by atoms with E-state index in [1.54, 1.807) is 0 Å². The summed E-state index contributed by atoms with van der Waals surface area (Å²) in [5.41, 5.74) is 5.39. The molecule has 0 spiro atoms. The molecule has 0 aromatic rings. The average molecular weight is 228 g/mol. The fourth-order valence-corrected chi connectivity index (χ4v) is 1.91. The lowest BCUT2D eigenvalue weighted by Gasteiger charge is -2.27. The van der Waals surface area contributed by atoms with Crippen LogP contribution in [0.4, 0.5) is 0 Å². The number of carbonyl (C=O) groups excluding carboxylic acids is 1. The Labute approximate surface area is 97.9 Å². The zero-order chi connectivity index (χ0) is 12.2. The lowest BCUT2D eigenvalue weighted by atomic mass is 9.98. The van der Waals surface area contributed by atoms with Crippen LogP contribution in [0.1, 0.15) is 46.5 Å². The Morgan fingerprint density at radius 3 is 2.69 bits per heavy atom. The predicted molar refractivity (Wildman–Crippen MR) is 64.1 cm³/mol. The number of carbonyl (C=O) groups is 1. The lowest BCUT2D eigenvalue weighted by molar-refractivity contribution is -0.156. The van der Waals surface area contributed by atoms with Gasteiger partial charge in [-0.2, -0.15) is 0 Å². The number of nitrogens with two attached hydrogens (primary N) is 1. The summed E-state index contributed by atoms with van der Waals surface area (Å²) in [6.45, 7) is 6.61. The molecular weight excluding hydrogens is 204 g/mol. The molecule has 94 valence electrons. The first-order valence-electron chi connectivity index (χ1n) is 6.10. The topological polar surface area (TPSA) is 64.3 Å². The smallest absolute Gasteiger partial charge is 0.323 e. The van der Waals surface area contributed by atoms with Crippen molar-refractivity contribution >= 4 is 5.97 Å². The minimum atomic E-state index is -0.505. The number of esters is 1. The summed E-state index contributed by atoms with van der Waals surface area (Å²) in [6.07, 6.45) is 4.22. The van der Waals surface area contributed by atoms with E-state index in [4.69, 9.17) is 10.5 Å². The van der Waals surface area contributed by atoms with Crippen molar-refractivity contribution in [2.24, 2.45) is 5.73 Å². The maximum absolute atomic E-state index is 11.7. The Hall–Kier alpha value is -0.610. The van der Waals surface area contributed by atoms with E-state index in [-0.39, 0.29) is 5.97 Å². The Kier molecular flexibility index (Phi) is 4.74. The van der Waals surface area contributed by atoms with Gasteiger partial charge in [-0.3, -0.25) is 4.79 Å². The zero-order valence-electron chi connectivity index (χ0n) is 10.6. The molecule has 1 aliphatic rings. The first-order chi connectivity index (χ1) is 7.38. The molecular formula is C12H24N2O2. The first-order valence-corrected chi connectivity index (χ1v) is 6.10. The van der Waals surface area contributed by atoms with E-state index in [1.165, 1.54) is 12.8 Å². The van der Waals surface area contributed by atoms with Crippen LogP contribution in [0.5, 0.6) is 0 Å².